The van der Waals surface area contributed by atoms with Crippen molar-refractivity contribution in [1.82, 2.24) is 5.32 Å². The molecular weight excluding hydrogens is 218 g/mol. The average molecular weight is 243 g/mol. The number of ether oxygens (including phenoxy) is 1. The van der Waals surface area contributed by atoms with Gasteiger partial charge < -0.3 is 15.2 Å². The van der Waals surface area contributed by atoms with Gasteiger partial charge in [-0.2, -0.15) is 0 Å². The topological polar surface area (TPSA) is 58.6 Å². The normalized spacial score (nSPS) is 30.1. The van der Waals surface area contributed by atoms with E-state index in [4.69, 9.17) is 4.74 Å². The molecule has 0 saturated carbocycles. The highest BCUT2D eigenvalue weighted by Gasteiger charge is 2.54. The summed E-state index contributed by atoms with van der Waals surface area (Å²) in [7, 11) is 0. The third-order valence-electron chi connectivity index (χ3n) is 4.11. The molecule has 0 bridgehead atoms. The fraction of sp³-hybridized carbons (Fsp3) is 0.923. The predicted molar refractivity (Wildman–Crippen MR) is 66.6 cm³/mol. The molecule has 4 heteroatoms. The molecule has 0 aromatic rings. The number of hydrogen-bond donors (Lipinski definition) is 2. The van der Waals surface area contributed by atoms with E-state index < -0.39 is 11.0 Å². The van der Waals surface area contributed by atoms with Crippen molar-refractivity contribution in [3.63, 3.8) is 0 Å². The minimum atomic E-state index is -0.973. The van der Waals surface area contributed by atoms with Crippen molar-refractivity contribution in [2.24, 2.45) is 11.3 Å². The van der Waals surface area contributed by atoms with Crippen LogP contribution in [0.15, 0.2) is 0 Å². The summed E-state index contributed by atoms with van der Waals surface area (Å²) >= 11 is 0. The molecule has 4 nitrogen and oxygen atoms in total. The summed E-state index contributed by atoms with van der Waals surface area (Å²) in [4.78, 5) is 12.0. The van der Waals surface area contributed by atoms with Crippen LogP contribution in [-0.4, -0.2) is 36.4 Å². The SMILES string of the molecule is CCOC(=O)C(C)(C)C1(O)CCNCC1CC. The second kappa shape index (κ2) is 5.36. The number of rotatable bonds is 4. The average Bonchev–Trinajstić information content (AvgIpc) is 2.29. The van der Waals surface area contributed by atoms with E-state index in [0.717, 1.165) is 19.5 Å². The van der Waals surface area contributed by atoms with Crippen LogP contribution in [0.2, 0.25) is 0 Å². The van der Waals surface area contributed by atoms with Crippen molar-refractivity contribution in [3.05, 3.63) is 0 Å². The van der Waals surface area contributed by atoms with Crippen LogP contribution in [0.5, 0.6) is 0 Å². The van der Waals surface area contributed by atoms with Crippen LogP contribution in [0.4, 0.5) is 0 Å². The fourth-order valence-electron chi connectivity index (χ4n) is 2.72. The lowest BCUT2D eigenvalue weighted by Gasteiger charge is -2.48. The van der Waals surface area contributed by atoms with E-state index in [0.29, 0.717) is 13.0 Å². The standard InChI is InChI=1S/C13H25NO3/c1-5-10-9-14-8-7-13(10,16)12(3,4)11(15)17-6-2/h10,14,16H,5-9H2,1-4H3. The van der Waals surface area contributed by atoms with Crippen LogP contribution < -0.4 is 5.32 Å². The highest BCUT2D eigenvalue weighted by Crippen LogP contribution is 2.43. The number of nitrogens with one attached hydrogen (secondary N) is 1. The van der Waals surface area contributed by atoms with Gasteiger partial charge in [-0.15, -0.1) is 0 Å². The summed E-state index contributed by atoms with van der Waals surface area (Å²) in [6.45, 7) is 9.28. The van der Waals surface area contributed by atoms with Crippen LogP contribution in [0, 0.1) is 11.3 Å². The second-order valence-electron chi connectivity index (χ2n) is 5.33. The molecule has 100 valence electrons. The molecule has 0 aliphatic carbocycles. The van der Waals surface area contributed by atoms with Crippen molar-refractivity contribution < 1.29 is 14.6 Å². The van der Waals surface area contributed by atoms with Gasteiger partial charge in [0.05, 0.1) is 17.6 Å². The summed E-state index contributed by atoms with van der Waals surface area (Å²) in [5.74, 6) is -0.210. The molecule has 1 aliphatic heterocycles. The lowest BCUT2D eigenvalue weighted by Crippen LogP contribution is -2.61. The number of esters is 1. The smallest absolute Gasteiger partial charge is 0.314 e. The first-order valence-electron chi connectivity index (χ1n) is 6.50. The van der Waals surface area contributed by atoms with Crippen molar-refractivity contribution in [1.29, 1.82) is 0 Å². The van der Waals surface area contributed by atoms with E-state index in [2.05, 4.69) is 5.32 Å². The first kappa shape index (κ1) is 14.5. The van der Waals surface area contributed by atoms with E-state index >= 15 is 0 Å². The number of hydrogen-bond acceptors (Lipinski definition) is 4. The number of carbonyl (C=O) groups is 1. The first-order chi connectivity index (χ1) is 7.90. The highest BCUT2D eigenvalue weighted by atomic mass is 16.5. The maximum atomic E-state index is 12.0. The summed E-state index contributed by atoms with van der Waals surface area (Å²) < 4.78 is 5.10. The molecular formula is C13H25NO3. The first-order valence-corrected chi connectivity index (χ1v) is 6.50. The Morgan fingerprint density at radius 2 is 2.18 bits per heavy atom. The lowest BCUT2D eigenvalue weighted by atomic mass is 9.64. The second-order valence-corrected chi connectivity index (χ2v) is 5.33. The number of carbonyl (C=O) groups excluding carboxylic acids is 1. The molecule has 2 atom stereocenters. The van der Waals surface area contributed by atoms with Gasteiger partial charge in [-0.25, -0.2) is 0 Å². The van der Waals surface area contributed by atoms with Crippen molar-refractivity contribution in [2.75, 3.05) is 19.7 Å². The maximum Gasteiger partial charge on any atom is 0.314 e. The molecule has 0 spiro atoms. The quantitative estimate of drug-likeness (QED) is 0.731. The Balaban J connectivity index is 2.95. The maximum absolute atomic E-state index is 12.0. The minimum Gasteiger partial charge on any atom is -0.465 e. The number of piperidine rings is 1. The molecule has 1 fully saturated rings. The molecule has 17 heavy (non-hydrogen) atoms. The summed E-state index contributed by atoms with van der Waals surface area (Å²) in [6.07, 6.45) is 1.45. The van der Waals surface area contributed by atoms with Gasteiger partial charge in [-0.05, 0) is 40.2 Å². The van der Waals surface area contributed by atoms with Gasteiger partial charge in [0.1, 0.15) is 0 Å². The van der Waals surface area contributed by atoms with E-state index in [1.54, 1.807) is 20.8 Å². The molecule has 1 saturated heterocycles. The highest BCUT2D eigenvalue weighted by molar-refractivity contribution is 5.77. The van der Waals surface area contributed by atoms with Crippen molar-refractivity contribution in [2.45, 2.75) is 46.1 Å². The van der Waals surface area contributed by atoms with Gasteiger partial charge in [-0.3, -0.25) is 4.79 Å². The molecule has 0 aromatic heterocycles. The van der Waals surface area contributed by atoms with Crippen molar-refractivity contribution in [3.8, 4) is 0 Å². The van der Waals surface area contributed by atoms with Gasteiger partial charge in [-0.1, -0.05) is 6.92 Å². The van der Waals surface area contributed by atoms with Gasteiger partial charge >= 0.3 is 5.97 Å². The lowest BCUT2D eigenvalue weighted by molar-refractivity contribution is -0.183. The largest absolute Gasteiger partial charge is 0.465 e. The Morgan fingerprint density at radius 3 is 2.71 bits per heavy atom. The van der Waals surface area contributed by atoms with Crippen LogP contribution in [0.3, 0.4) is 0 Å². The summed E-state index contributed by atoms with van der Waals surface area (Å²) in [5.41, 5.74) is -1.83. The fourth-order valence-corrected chi connectivity index (χ4v) is 2.72. The van der Waals surface area contributed by atoms with Gasteiger partial charge in [0.15, 0.2) is 0 Å². The van der Waals surface area contributed by atoms with Gasteiger partial charge in [0, 0.05) is 12.5 Å². The molecule has 2 unspecified atom stereocenters. The minimum absolute atomic E-state index is 0.0932. The molecule has 0 amide bonds. The molecule has 1 heterocycles. The summed E-state index contributed by atoms with van der Waals surface area (Å²) in [6, 6.07) is 0. The van der Waals surface area contributed by atoms with E-state index in [1.807, 2.05) is 6.92 Å². The van der Waals surface area contributed by atoms with Crippen LogP contribution in [-0.2, 0) is 9.53 Å². The third-order valence-corrected chi connectivity index (χ3v) is 4.11. The Bertz CT molecular complexity index is 278. The zero-order valence-corrected chi connectivity index (χ0v) is 11.4. The van der Waals surface area contributed by atoms with E-state index in [-0.39, 0.29) is 11.9 Å². The van der Waals surface area contributed by atoms with Crippen LogP contribution in [0.25, 0.3) is 0 Å². The van der Waals surface area contributed by atoms with Crippen LogP contribution in [0.1, 0.15) is 40.5 Å². The van der Waals surface area contributed by atoms with Gasteiger partial charge in [0.2, 0.25) is 0 Å². The molecule has 1 rings (SSSR count). The van der Waals surface area contributed by atoms with Crippen LogP contribution >= 0.6 is 0 Å². The van der Waals surface area contributed by atoms with Gasteiger partial charge in [0.25, 0.3) is 0 Å². The Kier molecular flexibility index (Phi) is 4.55. The zero-order valence-electron chi connectivity index (χ0n) is 11.4. The monoisotopic (exact) mass is 243 g/mol. The molecule has 0 aromatic carbocycles. The Morgan fingerprint density at radius 1 is 1.53 bits per heavy atom. The van der Waals surface area contributed by atoms with E-state index in [1.165, 1.54) is 0 Å². The molecule has 1 aliphatic rings. The number of aliphatic hydroxyl groups is 1. The van der Waals surface area contributed by atoms with E-state index in [9.17, 15) is 9.90 Å². The third kappa shape index (κ3) is 2.47. The van der Waals surface area contributed by atoms with Crippen molar-refractivity contribution >= 4 is 5.97 Å². The Labute approximate surface area is 104 Å². The molecule has 0 radical (unpaired) electrons. The summed E-state index contributed by atoms with van der Waals surface area (Å²) in [5, 5.41) is 14.2. The zero-order chi connectivity index (χ0) is 13.1. The molecule has 2 N–H and O–H groups in total. The predicted octanol–water partition coefficient (Wildman–Crippen LogP) is 1.33. The Hall–Kier alpha value is -0.610.